The number of hydrogen-bond donors (Lipinski definition) is 0. The lowest BCUT2D eigenvalue weighted by atomic mass is 10.3. The molecule has 0 aromatic heterocycles. The summed E-state index contributed by atoms with van der Waals surface area (Å²) >= 11 is 0. The lowest BCUT2D eigenvalue weighted by Crippen LogP contribution is -2.28. The van der Waals surface area contributed by atoms with E-state index in [9.17, 15) is 17.2 Å². The summed E-state index contributed by atoms with van der Waals surface area (Å²) in [6.07, 6.45) is -1.40. The fourth-order valence-corrected chi connectivity index (χ4v) is 2.14. The van der Waals surface area contributed by atoms with Crippen LogP contribution in [0.5, 0.6) is 0 Å². The van der Waals surface area contributed by atoms with E-state index in [0.29, 0.717) is 13.0 Å². The lowest BCUT2D eigenvalue weighted by molar-refractivity contribution is 0.0938. The minimum Gasteiger partial charge on any atom is -0.295 e. The van der Waals surface area contributed by atoms with E-state index in [0.717, 1.165) is 6.26 Å². The second kappa shape index (κ2) is 4.50. The first-order chi connectivity index (χ1) is 6.37. The Hall–Kier alpha value is -0.270. The smallest absolute Gasteiger partial charge is 0.264 e. The number of rotatable bonds is 4. The van der Waals surface area contributed by atoms with Crippen LogP contribution in [0.2, 0.25) is 0 Å². The minimum atomic E-state index is -3.47. The van der Waals surface area contributed by atoms with Crippen LogP contribution in [0.3, 0.4) is 0 Å². The summed E-state index contributed by atoms with van der Waals surface area (Å²) in [5.41, 5.74) is 0. The van der Waals surface area contributed by atoms with Gasteiger partial charge >= 0.3 is 0 Å². The number of alkyl halides is 2. The van der Waals surface area contributed by atoms with Crippen LogP contribution in [0.4, 0.5) is 8.78 Å². The normalized spacial score (nSPS) is 24.7. The van der Waals surface area contributed by atoms with Gasteiger partial charge < -0.3 is 0 Å². The molecule has 0 aromatic rings. The van der Waals surface area contributed by atoms with Gasteiger partial charge in [-0.15, -0.1) is 0 Å². The van der Waals surface area contributed by atoms with Gasteiger partial charge in [0.1, 0.15) is 0 Å². The van der Waals surface area contributed by atoms with Crippen LogP contribution in [0.25, 0.3) is 0 Å². The van der Waals surface area contributed by atoms with Crippen LogP contribution >= 0.6 is 0 Å². The Kier molecular flexibility index (Phi) is 3.79. The predicted molar refractivity (Wildman–Crippen MR) is 46.8 cm³/mol. The first kappa shape index (κ1) is 11.8. The summed E-state index contributed by atoms with van der Waals surface area (Å²) in [6, 6.07) is 0. The van der Waals surface area contributed by atoms with E-state index >= 15 is 0 Å². The van der Waals surface area contributed by atoms with Gasteiger partial charge in [-0.05, 0) is 6.42 Å². The van der Waals surface area contributed by atoms with Crippen LogP contribution in [-0.2, 0) is 14.3 Å². The van der Waals surface area contributed by atoms with Gasteiger partial charge in [0.05, 0.1) is 18.9 Å². The molecule has 0 aromatic carbocycles. The molecule has 4 nitrogen and oxygen atoms in total. The van der Waals surface area contributed by atoms with Crippen LogP contribution in [-0.4, -0.2) is 51.7 Å². The number of hydrogen-bond acceptors (Lipinski definition) is 4. The standard InChI is InChI=1S/C7H13F2NO3S/c1-14(11,12)13-6-2-3-10(4-6)5-7(8)9/h6-7H,2-5H2,1H3/t6-/m0/s1. The van der Waals surface area contributed by atoms with E-state index in [1.54, 1.807) is 0 Å². The zero-order chi connectivity index (χ0) is 10.8. The van der Waals surface area contributed by atoms with E-state index in [2.05, 4.69) is 0 Å². The molecule has 1 saturated heterocycles. The zero-order valence-electron chi connectivity index (χ0n) is 7.82. The highest BCUT2D eigenvalue weighted by Gasteiger charge is 2.27. The van der Waals surface area contributed by atoms with Gasteiger partial charge in [-0.1, -0.05) is 0 Å². The monoisotopic (exact) mass is 229 g/mol. The maximum absolute atomic E-state index is 12.0. The van der Waals surface area contributed by atoms with E-state index in [-0.39, 0.29) is 13.1 Å². The van der Waals surface area contributed by atoms with Crippen LogP contribution in [0.15, 0.2) is 0 Å². The molecule has 0 saturated carbocycles. The van der Waals surface area contributed by atoms with E-state index in [4.69, 9.17) is 4.18 Å². The van der Waals surface area contributed by atoms with Gasteiger partial charge in [0.2, 0.25) is 0 Å². The third kappa shape index (κ3) is 4.30. The van der Waals surface area contributed by atoms with Crippen molar-refractivity contribution in [2.75, 3.05) is 25.9 Å². The molecule has 0 spiro atoms. The van der Waals surface area contributed by atoms with Gasteiger partial charge in [0.25, 0.3) is 16.5 Å². The zero-order valence-corrected chi connectivity index (χ0v) is 8.64. The van der Waals surface area contributed by atoms with Crippen molar-refractivity contribution in [3.63, 3.8) is 0 Å². The quantitative estimate of drug-likeness (QED) is 0.651. The van der Waals surface area contributed by atoms with Gasteiger partial charge in [-0.3, -0.25) is 9.08 Å². The van der Waals surface area contributed by atoms with Gasteiger partial charge in [0, 0.05) is 13.1 Å². The van der Waals surface area contributed by atoms with E-state index in [1.807, 2.05) is 0 Å². The summed E-state index contributed by atoms with van der Waals surface area (Å²) in [7, 11) is -3.47. The third-order valence-electron chi connectivity index (χ3n) is 1.94. The maximum Gasteiger partial charge on any atom is 0.264 e. The highest BCUT2D eigenvalue weighted by atomic mass is 32.2. The lowest BCUT2D eigenvalue weighted by Gasteiger charge is -2.14. The molecule has 1 atom stereocenters. The van der Waals surface area contributed by atoms with Crippen molar-refractivity contribution in [3.05, 3.63) is 0 Å². The van der Waals surface area contributed by atoms with Gasteiger partial charge in [0.15, 0.2) is 0 Å². The second-order valence-electron chi connectivity index (χ2n) is 3.36. The van der Waals surface area contributed by atoms with Gasteiger partial charge in [-0.2, -0.15) is 8.42 Å². The molecule has 1 rings (SSSR count). The minimum absolute atomic E-state index is 0.261. The molecule has 0 aliphatic carbocycles. The highest BCUT2D eigenvalue weighted by molar-refractivity contribution is 7.86. The molecule has 1 aliphatic rings. The fraction of sp³-hybridized carbons (Fsp3) is 1.00. The Morgan fingerprint density at radius 1 is 1.57 bits per heavy atom. The highest BCUT2D eigenvalue weighted by Crippen LogP contribution is 2.15. The Labute approximate surface area is 82.0 Å². The SMILES string of the molecule is CS(=O)(=O)O[C@H]1CCN(CC(F)F)C1. The van der Waals surface area contributed by atoms with Crippen molar-refractivity contribution in [1.29, 1.82) is 0 Å². The first-order valence-electron chi connectivity index (χ1n) is 4.25. The van der Waals surface area contributed by atoms with Gasteiger partial charge in [-0.25, -0.2) is 8.78 Å². The number of likely N-dealkylation sites (tertiary alicyclic amines) is 1. The third-order valence-corrected chi connectivity index (χ3v) is 2.56. The molecular weight excluding hydrogens is 216 g/mol. The molecule has 1 heterocycles. The molecule has 14 heavy (non-hydrogen) atoms. The van der Waals surface area contributed by atoms with Crippen molar-refractivity contribution in [3.8, 4) is 0 Å². The molecule has 84 valence electrons. The summed E-state index contributed by atoms with van der Waals surface area (Å²) < 4.78 is 50.1. The van der Waals surface area contributed by atoms with Crippen molar-refractivity contribution in [2.45, 2.75) is 19.0 Å². The van der Waals surface area contributed by atoms with Crippen LogP contribution in [0.1, 0.15) is 6.42 Å². The predicted octanol–water partition coefficient (Wildman–Crippen LogP) is 0.302. The Morgan fingerprint density at radius 3 is 2.71 bits per heavy atom. The molecular formula is C7H13F2NO3S. The van der Waals surface area contributed by atoms with Crippen LogP contribution < -0.4 is 0 Å². The van der Waals surface area contributed by atoms with Crippen molar-refractivity contribution in [2.24, 2.45) is 0 Å². The number of nitrogens with zero attached hydrogens (tertiary/aromatic N) is 1. The van der Waals surface area contributed by atoms with E-state index in [1.165, 1.54) is 4.90 Å². The van der Waals surface area contributed by atoms with Crippen LogP contribution in [0, 0.1) is 0 Å². The Bertz CT molecular complexity index is 281. The van der Waals surface area contributed by atoms with Crippen molar-refractivity contribution < 1.29 is 21.4 Å². The maximum atomic E-state index is 12.0. The summed E-state index contributed by atoms with van der Waals surface area (Å²) in [5, 5.41) is 0. The molecule has 1 aliphatic heterocycles. The molecule has 0 radical (unpaired) electrons. The average Bonchev–Trinajstić information content (AvgIpc) is 2.30. The summed E-state index contributed by atoms with van der Waals surface area (Å²) in [6.45, 7) is 0.408. The average molecular weight is 229 g/mol. The largest absolute Gasteiger partial charge is 0.295 e. The Morgan fingerprint density at radius 2 is 2.21 bits per heavy atom. The van der Waals surface area contributed by atoms with Crippen molar-refractivity contribution in [1.82, 2.24) is 4.90 Å². The molecule has 0 N–H and O–H groups in total. The fourth-order valence-electron chi connectivity index (χ4n) is 1.48. The number of halogens is 2. The molecule has 0 unspecified atom stereocenters. The first-order valence-corrected chi connectivity index (χ1v) is 6.07. The molecule has 7 heteroatoms. The molecule has 1 fully saturated rings. The van der Waals surface area contributed by atoms with Crippen molar-refractivity contribution >= 4 is 10.1 Å². The summed E-state index contributed by atoms with van der Waals surface area (Å²) in [5.74, 6) is 0. The van der Waals surface area contributed by atoms with E-state index < -0.39 is 22.6 Å². The Balaban J connectivity index is 2.34. The molecule has 0 amide bonds. The summed E-state index contributed by atoms with van der Waals surface area (Å²) in [4.78, 5) is 1.50. The second-order valence-corrected chi connectivity index (χ2v) is 4.96. The topological polar surface area (TPSA) is 46.6 Å². The molecule has 0 bridgehead atoms.